The van der Waals surface area contributed by atoms with Gasteiger partial charge in [-0.2, -0.15) is 0 Å². The highest BCUT2D eigenvalue weighted by Gasteiger charge is 2.11. The van der Waals surface area contributed by atoms with Crippen molar-refractivity contribution in [1.82, 2.24) is 20.3 Å². The molecule has 0 unspecified atom stereocenters. The number of carbonyl (C=O) groups is 2. The summed E-state index contributed by atoms with van der Waals surface area (Å²) >= 11 is 1.45. The third-order valence-electron chi connectivity index (χ3n) is 4.34. The maximum absolute atomic E-state index is 12.4. The lowest BCUT2D eigenvalue weighted by Crippen LogP contribution is -2.23. The van der Waals surface area contributed by atoms with Gasteiger partial charge in [0.05, 0.1) is 30.0 Å². The maximum Gasteiger partial charge on any atom is 0.251 e. The number of thiazole rings is 1. The van der Waals surface area contributed by atoms with Crippen molar-refractivity contribution in [3.05, 3.63) is 95.4 Å². The normalized spacial score (nSPS) is 10.5. The molecule has 0 saturated carbocycles. The molecule has 2 N–H and O–H groups in total. The second-order valence-corrected chi connectivity index (χ2v) is 7.53. The molecule has 8 heteroatoms. The highest BCUT2D eigenvalue weighted by molar-refractivity contribution is 7.13. The number of carbonyl (C=O) groups excluding carboxylic acids is 2. The van der Waals surface area contributed by atoms with Crippen LogP contribution in [0.4, 0.5) is 5.69 Å². The van der Waals surface area contributed by atoms with Crippen LogP contribution < -0.4 is 10.6 Å². The van der Waals surface area contributed by atoms with Crippen LogP contribution in [-0.4, -0.2) is 26.8 Å². The Labute approximate surface area is 183 Å². The van der Waals surface area contributed by atoms with E-state index in [1.165, 1.54) is 11.3 Å². The minimum absolute atomic E-state index is 0.138. The maximum atomic E-state index is 12.4. The number of hydrogen-bond acceptors (Lipinski definition) is 6. The number of benzene rings is 1. The first-order chi connectivity index (χ1) is 15.2. The number of nitrogens with one attached hydrogen (secondary N) is 2. The van der Waals surface area contributed by atoms with Gasteiger partial charge in [0, 0.05) is 29.0 Å². The molecule has 7 nitrogen and oxygen atoms in total. The van der Waals surface area contributed by atoms with Gasteiger partial charge in [-0.25, -0.2) is 4.98 Å². The lowest BCUT2D eigenvalue weighted by molar-refractivity contribution is -0.115. The van der Waals surface area contributed by atoms with Crippen molar-refractivity contribution < 1.29 is 9.59 Å². The first kappa shape index (κ1) is 20.4. The first-order valence-electron chi connectivity index (χ1n) is 9.61. The van der Waals surface area contributed by atoms with Crippen LogP contribution in [0, 0.1) is 0 Å². The van der Waals surface area contributed by atoms with Gasteiger partial charge in [-0.05, 0) is 42.5 Å². The van der Waals surface area contributed by atoms with E-state index in [0.29, 0.717) is 23.5 Å². The lowest BCUT2D eigenvalue weighted by Gasteiger charge is -2.08. The Morgan fingerprint density at radius 3 is 2.52 bits per heavy atom. The first-order valence-corrected chi connectivity index (χ1v) is 10.5. The van der Waals surface area contributed by atoms with E-state index in [2.05, 4.69) is 25.6 Å². The number of hydrogen-bond donors (Lipinski definition) is 2. The summed E-state index contributed by atoms with van der Waals surface area (Å²) in [7, 11) is 0. The fraction of sp³-hybridized carbons (Fsp3) is 0.0870. The molecular weight excluding hydrogens is 410 g/mol. The van der Waals surface area contributed by atoms with Crippen LogP contribution in [0.3, 0.4) is 0 Å². The minimum atomic E-state index is -0.235. The molecule has 31 heavy (non-hydrogen) atoms. The predicted molar refractivity (Wildman–Crippen MR) is 120 cm³/mol. The van der Waals surface area contributed by atoms with Crippen LogP contribution in [0.15, 0.2) is 78.4 Å². The van der Waals surface area contributed by atoms with Crippen LogP contribution >= 0.6 is 11.3 Å². The molecule has 0 atom stereocenters. The Balaban J connectivity index is 1.34. The molecule has 3 heterocycles. The Hall–Kier alpha value is -3.91. The molecule has 4 rings (SSSR count). The van der Waals surface area contributed by atoms with Gasteiger partial charge in [-0.15, -0.1) is 11.3 Å². The Morgan fingerprint density at radius 1 is 0.903 bits per heavy atom. The SMILES string of the molecule is O=C(Cc1csc(-c2ccccn2)n1)Nc1cccc(C(=O)NCc2ccccn2)c1. The molecule has 0 aliphatic rings. The number of pyridine rings is 2. The van der Waals surface area contributed by atoms with E-state index in [1.807, 2.05) is 41.8 Å². The molecule has 3 aromatic heterocycles. The van der Waals surface area contributed by atoms with Gasteiger partial charge < -0.3 is 10.6 Å². The summed E-state index contributed by atoms with van der Waals surface area (Å²) in [4.78, 5) is 37.8. The van der Waals surface area contributed by atoms with E-state index < -0.39 is 0 Å². The van der Waals surface area contributed by atoms with Crippen molar-refractivity contribution >= 4 is 28.8 Å². The molecule has 1 aromatic carbocycles. The fourth-order valence-electron chi connectivity index (χ4n) is 2.88. The molecule has 0 aliphatic carbocycles. The molecule has 0 spiro atoms. The van der Waals surface area contributed by atoms with E-state index >= 15 is 0 Å². The summed E-state index contributed by atoms with van der Waals surface area (Å²) in [5.74, 6) is -0.440. The Bertz CT molecular complexity index is 1180. The average Bonchev–Trinajstić information content (AvgIpc) is 3.27. The number of anilines is 1. The summed E-state index contributed by atoms with van der Waals surface area (Å²) < 4.78 is 0. The zero-order chi connectivity index (χ0) is 21.5. The van der Waals surface area contributed by atoms with Gasteiger partial charge in [-0.3, -0.25) is 19.6 Å². The zero-order valence-corrected chi connectivity index (χ0v) is 17.3. The smallest absolute Gasteiger partial charge is 0.251 e. The van der Waals surface area contributed by atoms with E-state index in [9.17, 15) is 9.59 Å². The minimum Gasteiger partial charge on any atom is -0.346 e. The van der Waals surface area contributed by atoms with Crippen molar-refractivity contribution in [2.75, 3.05) is 5.32 Å². The van der Waals surface area contributed by atoms with Gasteiger partial charge in [0.15, 0.2) is 0 Å². The van der Waals surface area contributed by atoms with E-state index in [4.69, 9.17) is 0 Å². The third-order valence-corrected chi connectivity index (χ3v) is 5.26. The monoisotopic (exact) mass is 429 g/mol. The van der Waals surface area contributed by atoms with Gasteiger partial charge in [0.1, 0.15) is 5.01 Å². The Kier molecular flexibility index (Phi) is 6.39. The van der Waals surface area contributed by atoms with E-state index in [1.54, 1.807) is 36.7 Å². The van der Waals surface area contributed by atoms with Crippen LogP contribution in [0.1, 0.15) is 21.7 Å². The van der Waals surface area contributed by atoms with Gasteiger partial charge in [0.25, 0.3) is 5.91 Å². The van der Waals surface area contributed by atoms with Crippen molar-refractivity contribution in [1.29, 1.82) is 0 Å². The standard InChI is InChI=1S/C23H19N5O2S/c29-21(13-19-15-31-23(28-19)20-9-2-4-11-25-20)27-17-8-5-6-16(12-17)22(30)26-14-18-7-1-3-10-24-18/h1-12,15H,13-14H2,(H,26,30)(H,27,29). The molecule has 154 valence electrons. The lowest BCUT2D eigenvalue weighted by atomic mass is 10.2. The zero-order valence-electron chi connectivity index (χ0n) is 16.5. The predicted octanol–water partition coefficient (Wildman–Crippen LogP) is 3.71. The topological polar surface area (TPSA) is 96.9 Å². The molecule has 0 radical (unpaired) electrons. The number of aromatic nitrogens is 3. The van der Waals surface area contributed by atoms with Crippen molar-refractivity contribution in [3.63, 3.8) is 0 Å². The molecule has 2 amide bonds. The van der Waals surface area contributed by atoms with Crippen molar-refractivity contribution in [3.8, 4) is 10.7 Å². The quantitative estimate of drug-likeness (QED) is 0.467. The Morgan fingerprint density at radius 2 is 1.74 bits per heavy atom. The van der Waals surface area contributed by atoms with E-state index in [-0.39, 0.29) is 18.2 Å². The average molecular weight is 430 g/mol. The molecule has 0 saturated heterocycles. The number of rotatable bonds is 7. The fourth-order valence-corrected chi connectivity index (χ4v) is 3.67. The van der Waals surface area contributed by atoms with Crippen LogP contribution in [0.5, 0.6) is 0 Å². The van der Waals surface area contributed by atoms with Gasteiger partial charge >= 0.3 is 0 Å². The van der Waals surface area contributed by atoms with Crippen LogP contribution in [0.2, 0.25) is 0 Å². The summed E-state index contributed by atoms with van der Waals surface area (Å²) in [5, 5.41) is 8.28. The largest absolute Gasteiger partial charge is 0.346 e. The van der Waals surface area contributed by atoms with E-state index in [0.717, 1.165) is 16.4 Å². The molecule has 0 aliphatic heterocycles. The number of nitrogens with zero attached hydrogens (tertiary/aromatic N) is 3. The molecular formula is C23H19N5O2S. The van der Waals surface area contributed by atoms with Crippen molar-refractivity contribution in [2.45, 2.75) is 13.0 Å². The molecule has 4 aromatic rings. The third kappa shape index (κ3) is 5.58. The van der Waals surface area contributed by atoms with Crippen LogP contribution in [-0.2, 0) is 17.8 Å². The second-order valence-electron chi connectivity index (χ2n) is 6.67. The second kappa shape index (κ2) is 9.73. The van der Waals surface area contributed by atoms with Crippen molar-refractivity contribution in [2.24, 2.45) is 0 Å². The summed E-state index contributed by atoms with van der Waals surface area (Å²) in [5.41, 5.74) is 3.24. The molecule has 0 bridgehead atoms. The molecule has 0 fully saturated rings. The summed E-state index contributed by atoms with van der Waals surface area (Å²) in [6, 6.07) is 18.0. The van der Waals surface area contributed by atoms with Gasteiger partial charge in [0.2, 0.25) is 5.91 Å². The van der Waals surface area contributed by atoms with Gasteiger partial charge in [-0.1, -0.05) is 18.2 Å². The summed E-state index contributed by atoms with van der Waals surface area (Å²) in [6.45, 7) is 0.332. The summed E-state index contributed by atoms with van der Waals surface area (Å²) in [6.07, 6.45) is 3.53. The van der Waals surface area contributed by atoms with Crippen LogP contribution in [0.25, 0.3) is 10.7 Å². The highest BCUT2D eigenvalue weighted by atomic mass is 32.1. The highest BCUT2D eigenvalue weighted by Crippen LogP contribution is 2.21. The number of amides is 2.